The van der Waals surface area contributed by atoms with Crippen molar-refractivity contribution in [1.82, 2.24) is 24.9 Å². The highest BCUT2D eigenvalue weighted by atomic mass is 16.5. The Hall–Kier alpha value is -3.26. The van der Waals surface area contributed by atoms with Crippen molar-refractivity contribution in [2.45, 2.75) is 92.5 Å². The Labute approximate surface area is 227 Å². The molecule has 3 rings (SSSR count). The van der Waals surface area contributed by atoms with E-state index in [1.165, 1.54) is 11.1 Å². The molecular formula is C30H43N5O3. The summed E-state index contributed by atoms with van der Waals surface area (Å²) in [5.41, 5.74) is 3.90. The molecule has 0 aliphatic rings. The molecule has 1 N–H and O–H groups in total. The topological polar surface area (TPSA) is 93.4 Å². The smallest absolute Gasteiger partial charge is 0.309 e. The predicted molar refractivity (Wildman–Crippen MR) is 149 cm³/mol. The fourth-order valence-corrected chi connectivity index (χ4v) is 4.64. The number of aliphatic carboxylic acids is 1. The summed E-state index contributed by atoms with van der Waals surface area (Å²) in [7, 11) is 2.07. The van der Waals surface area contributed by atoms with Gasteiger partial charge in [-0.15, -0.1) is 5.10 Å². The fraction of sp³-hybridized carbons (Fsp3) is 0.533. The number of benzene rings is 1. The minimum absolute atomic E-state index is 0.181. The van der Waals surface area contributed by atoms with E-state index in [0.717, 1.165) is 29.2 Å². The predicted octanol–water partition coefficient (Wildman–Crippen LogP) is 5.64. The normalized spacial score (nSPS) is 13.1. The van der Waals surface area contributed by atoms with Gasteiger partial charge in [0.05, 0.1) is 16.8 Å². The van der Waals surface area contributed by atoms with Crippen LogP contribution in [0.2, 0.25) is 0 Å². The van der Waals surface area contributed by atoms with Gasteiger partial charge in [0.2, 0.25) is 0 Å². The number of ether oxygens (including phenoxy) is 1. The Kier molecular flexibility index (Phi) is 9.31. The monoisotopic (exact) mass is 521 g/mol. The molecule has 0 spiro atoms. The van der Waals surface area contributed by atoms with Gasteiger partial charge in [0, 0.05) is 32.0 Å². The minimum atomic E-state index is -0.938. The van der Waals surface area contributed by atoms with E-state index < -0.39 is 11.4 Å². The summed E-state index contributed by atoms with van der Waals surface area (Å²) >= 11 is 0. The Morgan fingerprint density at radius 2 is 1.89 bits per heavy atom. The summed E-state index contributed by atoms with van der Waals surface area (Å²) in [5.74, 6) is -0.194. The highest BCUT2D eigenvalue weighted by molar-refractivity contribution is 5.75. The quantitative estimate of drug-likeness (QED) is 0.330. The number of rotatable bonds is 12. The molecule has 2 heterocycles. The Bertz CT molecular complexity index is 1230. The molecule has 206 valence electrons. The third-order valence-electron chi connectivity index (χ3n) is 6.92. The van der Waals surface area contributed by atoms with Gasteiger partial charge >= 0.3 is 5.97 Å². The largest absolute Gasteiger partial charge is 0.486 e. The number of carbonyl (C=O) groups is 1. The van der Waals surface area contributed by atoms with Gasteiger partial charge in [-0.1, -0.05) is 23.4 Å². The van der Waals surface area contributed by atoms with E-state index in [9.17, 15) is 9.90 Å². The number of aryl methyl sites for hydroxylation is 3. The zero-order valence-corrected chi connectivity index (χ0v) is 24.2. The van der Waals surface area contributed by atoms with Gasteiger partial charge in [0.1, 0.15) is 11.4 Å². The molecule has 8 nitrogen and oxygen atoms in total. The molecule has 1 atom stereocenters. The highest BCUT2D eigenvalue weighted by Crippen LogP contribution is 2.40. The molecule has 0 amide bonds. The molecule has 8 heteroatoms. The number of pyridine rings is 1. The molecule has 0 radical (unpaired) electrons. The van der Waals surface area contributed by atoms with Crippen molar-refractivity contribution < 1.29 is 14.6 Å². The van der Waals surface area contributed by atoms with E-state index >= 15 is 0 Å². The lowest BCUT2D eigenvalue weighted by Crippen LogP contribution is -2.32. The average Bonchev–Trinajstić information content (AvgIpc) is 3.29. The standard InChI is InChI=1S/C30H43N5O3/c1-9-35-19-24(32-33-35)14-15-25(30(6,7)28(36)37)22-13-12-21(2)23(17-22)18-34(8)20-26-27(11-10-16-31-26)38-29(3,4)5/h10-13,16-17,19,25H,9,14-15,18,20H2,1-8H3,(H,36,37). The maximum absolute atomic E-state index is 12.3. The molecule has 2 aromatic heterocycles. The molecule has 0 bridgehead atoms. The molecule has 0 aliphatic heterocycles. The third-order valence-corrected chi connectivity index (χ3v) is 6.92. The minimum Gasteiger partial charge on any atom is -0.486 e. The van der Waals surface area contributed by atoms with E-state index in [1.807, 2.05) is 59.9 Å². The first kappa shape index (κ1) is 29.3. The van der Waals surface area contributed by atoms with E-state index in [1.54, 1.807) is 10.9 Å². The summed E-state index contributed by atoms with van der Waals surface area (Å²) < 4.78 is 7.93. The van der Waals surface area contributed by atoms with Crippen LogP contribution in [0, 0.1) is 12.3 Å². The van der Waals surface area contributed by atoms with Crippen molar-refractivity contribution in [2.24, 2.45) is 5.41 Å². The van der Waals surface area contributed by atoms with E-state index in [-0.39, 0.29) is 11.5 Å². The molecule has 0 saturated carbocycles. The lowest BCUT2D eigenvalue weighted by Gasteiger charge is -2.31. The highest BCUT2D eigenvalue weighted by Gasteiger charge is 2.38. The second kappa shape index (κ2) is 12.1. The van der Waals surface area contributed by atoms with Crippen LogP contribution in [0.1, 0.15) is 82.0 Å². The summed E-state index contributed by atoms with van der Waals surface area (Å²) in [6.45, 7) is 15.9. The van der Waals surface area contributed by atoms with Crippen LogP contribution in [0.4, 0.5) is 0 Å². The first-order valence-electron chi connectivity index (χ1n) is 13.3. The van der Waals surface area contributed by atoms with Crippen LogP contribution < -0.4 is 4.74 Å². The second-order valence-corrected chi connectivity index (χ2v) is 11.7. The number of carboxylic acids is 1. The van der Waals surface area contributed by atoms with E-state index in [0.29, 0.717) is 25.9 Å². The zero-order chi connectivity index (χ0) is 28.1. The number of hydrogen-bond acceptors (Lipinski definition) is 6. The summed E-state index contributed by atoms with van der Waals surface area (Å²) in [6, 6.07) is 10.2. The average molecular weight is 522 g/mol. The van der Waals surface area contributed by atoms with Gasteiger partial charge in [-0.2, -0.15) is 0 Å². The zero-order valence-electron chi connectivity index (χ0n) is 24.2. The summed E-state index contributed by atoms with van der Waals surface area (Å²) in [4.78, 5) is 19.1. The Morgan fingerprint density at radius 3 is 2.53 bits per heavy atom. The van der Waals surface area contributed by atoms with Crippen LogP contribution in [-0.4, -0.2) is 48.6 Å². The van der Waals surface area contributed by atoms with Crippen molar-refractivity contribution in [3.8, 4) is 5.75 Å². The van der Waals surface area contributed by atoms with Crippen molar-refractivity contribution in [1.29, 1.82) is 0 Å². The lowest BCUT2D eigenvalue weighted by molar-refractivity contribution is -0.148. The molecule has 1 aromatic carbocycles. The lowest BCUT2D eigenvalue weighted by atomic mass is 9.72. The van der Waals surface area contributed by atoms with Crippen molar-refractivity contribution in [3.63, 3.8) is 0 Å². The summed E-state index contributed by atoms with van der Waals surface area (Å²) in [5, 5.41) is 18.5. The van der Waals surface area contributed by atoms with Crippen molar-refractivity contribution in [2.75, 3.05) is 7.05 Å². The number of carboxylic acid groups (broad SMARTS) is 1. The molecule has 0 aliphatic carbocycles. The van der Waals surface area contributed by atoms with Gasteiger partial charge in [-0.25, -0.2) is 0 Å². The maximum atomic E-state index is 12.3. The number of hydrogen-bond donors (Lipinski definition) is 1. The van der Waals surface area contributed by atoms with Gasteiger partial charge in [-0.3, -0.25) is 19.4 Å². The van der Waals surface area contributed by atoms with Gasteiger partial charge in [0.25, 0.3) is 0 Å². The fourth-order valence-electron chi connectivity index (χ4n) is 4.64. The first-order chi connectivity index (χ1) is 17.8. The Morgan fingerprint density at radius 1 is 1.16 bits per heavy atom. The van der Waals surface area contributed by atoms with E-state index in [4.69, 9.17) is 4.74 Å². The summed E-state index contributed by atoms with van der Waals surface area (Å²) in [6.07, 6.45) is 5.07. The molecule has 38 heavy (non-hydrogen) atoms. The third kappa shape index (κ3) is 7.63. The molecule has 1 unspecified atom stereocenters. The van der Waals surface area contributed by atoms with Crippen LogP contribution in [0.15, 0.2) is 42.7 Å². The first-order valence-corrected chi connectivity index (χ1v) is 13.3. The maximum Gasteiger partial charge on any atom is 0.309 e. The molecule has 3 aromatic rings. The molecular weight excluding hydrogens is 478 g/mol. The SMILES string of the molecule is CCn1cc(CCC(c2ccc(C)c(CN(C)Cc3ncccc3OC(C)(C)C)c2)C(C)(C)C(=O)O)nn1. The second-order valence-electron chi connectivity index (χ2n) is 11.7. The van der Waals surface area contributed by atoms with Crippen LogP contribution >= 0.6 is 0 Å². The van der Waals surface area contributed by atoms with Crippen molar-refractivity contribution >= 4 is 5.97 Å². The number of aromatic nitrogens is 4. The van der Waals surface area contributed by atoms with Crippen LogP contribution in [-0.2, 0) is 30.8 Å². The molecule has 0 fully saturated rings. The van der Waals surface area contributed by atoms with Gasteiger partial charge < -0.3 is 9.84 Å². The van der Waals surface area contributed by atoms with Crippen LogP contribution in [0.3, 0.4) is 0 Å². The van der Waals surface area contributed by atoms with Crippen LogP contribution in [0.5, 0.6) is 5.75 Å². The number of nitrogens with zero attached hydrogens (tertiary/aromatic N) is 5. The van der Waals surface area contributed by atoms with Gasteiger partial charge in [-0.05, 0) is 103 Å². The van der Waals surface area contributed by atoms with Gasteiger partial charge in [0.15, 0.2) is 0 Å². The Balaban J connectivity index is 1.83. The molecule has 0 saturated heterocycles. The van der Waals surface area contributed by atoms with E-state index in [2.05, 4.69) is 52.4 Å². The van der Waals surface area contributed by atoms with Crippen molar-refractivity contribution in [3.05, 3.63) is 70.8 Å². The van der Waals surface area contributed by atoms with Crippen LogP contribution in [0.25, 0.3) is 0 Å².